The van der Waals surface area contributed by atoms with Crippen LogP contribution in [0.25, 0.3) is 32.7 Å². The minimum atomic E-state index is 0.569. The Balaban J connectivity index is 2.22. The van der Waals surface area contributed by atoms with Crippen LogP contribution in [-0.2, 0) is 0 Å². The molecule has 0 aliphatic rings. The normalized spacial score (nSPS) is 10.2. The Morgan fingerprint density at radius 1 is 1.00 bits per heavy atom. The average Bonchev–Trinajstić information content (AvgIpc) is 2.83. The van der Waals surface area contributed by atoms with Gasteiger partial charge in [-0.3, -0.25) is 0 Å². The minimum Gasteiger partial charge on any atom is -0.456 e. The van der Waals surface area contributed by atoms with Crippen LogP contribution >= 0.6 is 0 Å². The fraction of sp³-hybridized carbons (Fsp3) is 0. The Hall–Kier alpha value is -2.71. The molecule has 3 rings (SSSR count). The molecule has 0 N–H and O–H groups in total. The van der Waals surface area contributed by atoms with E-state index >= 15 is 0 Å². The Labute approximate surface area is 103 Å². The molecule has 2 aromatic carbocycles. The van der Waals surface area contributed by atoms with Crippen LogP contribution in [0, 0.1) is 0 Å². The standard InChI is InChI=1S/C14H9N3O/c15-17-16-12-7-3-2-6-11(12)14-9-10-5-1-4-8-13(10)18-14/h1-9H. The summed E-state index contributed by atoms with van der Waals surface area (Å²) in [6.07, 6.45) is 0. The van der Waals surface area contributed by atoms with Gasteiger partial charge in [0.2, 0.25) is 0 Å². The van der Waals surface area contributed by atoms with Crippen molar-refractivity contribution in [2.24, 2.45) is 5.11 Å². The summed E-state index contributed by atoms with van der Waals surface area (Å²) >= 11 is 0. The molecular weight excluding hydrogens is 226 g/mol. The van der Waals surface area contributed by atoms with E-state index in [1.165, 1.54) is 0 Å². The van der Waals surface area contributed by atoms with Crippen molar-refractivity contribution in [3.05, 3.63) is 65.0 Å². The number of rotatable bonds is 2. The summed E-state index contributed by atoms with van der Waals surface area (Å²) in [6.45, 7) is 0. The summed E-state index contributed by atoms with van der Waals surface area (Å²) in [5.41, 5.74) is 10.7. The molecule has 1 heterocycles. The van der Waals surface area contributed by atoms with Crippen LogP contribution in [0.15, 0.2) is 64.1 Å². The predicted octanol–water partition coefficient (Wildman–Crippen LogP) is 5.04. The topological polar surface area (TPSA) is 61.9 Å². The number of furan rings is 1. The lowest BCUT2D eigenvalue weighted by Gasteiger charge is -2.00. The van der Waals surface area contributed by atoms with Crippen molar-refractivity contribution in [3.8, 4) is 11.3 Å². The molecule has 0 saturated carbocycles. The molecule has 0 amide bonds. The molecule has 4 nitrogen and oxygen atoms in total. The minimum absolute atomic E-state index is 0.569. The molecule has 3 aromatic rings. The van der Waals surface area contributed by atoms with Crippen LogP contribution in [0.2, 0.25) is 0 Å². The van der Waals surface area contributed by atoms with Gasteiger partial charge >= 0.3 is 0 Å². The first-order valence-corrected chi connectivity index (χ1v) is 5.51. The lowest BCUT2D eigenvalue weighted by atomic mass is 10.1. The fourth-order valence-corrected chi connectivity index (χ4v) is 1.93. The maximum atomic E-state index is 8.56. The number of fused-ring (bicyclic) bond motifs is 1. The van der Waals surface area contributed by atoms with E-state index in [9.17, 15) is 0 Å². The Morgan fingerprint density at radius 2 is 1.78 bits per heavy atom. The molecule has 1 aromatic heterocycles. The smallest absolute Gasteiger partial charge is 0.135 e. The summed E-state index contributed by atoms with van der Waals surface area (Å²) in [6, 6.07) is 17.1. The van der Waals surface area contributed by atoms with E-state index in [1.54, 1.807) is 6.07 Å². The SMILES string of the molecule is [N-]=[N+]=Nc1ccccc1-c1cc2ccccc2o1. The number of nitrogens with zero attached hydrogens (tertiary/aromatic N) is 3. The second-order valence-corrected chi connectivity index (χ2v) is 3.86. The first-order valence-electron chi connectivity index (χ1n) is 5.51. The third kappa shape index (κ3) is 1.71. The van der Waals surface area contributed by atoms with Gasteiger partial charge in [0.15, 0.2) is 0 Å². The van der Waals surface area contributed by atoms with Gasteiger partial charge in [-0.05, 0) is 17.7 Å². The first kappa shape index (κ1) is 10.4. The fourth-order valence-electron chi connectivity index (χ4n) is 1.93. The van der Waals surface area contributed by atoms with Gasteiger partial charge in [-0.25, -0.2) is 0 Å². The molecule has 0 bridgehead atoms. The second kappa shape index (κ2) is 4.28. The van der Waals surface area contributed by atoms with Gasteiger partial charge in [0.05, 0.1) is 0 Å². The zero-order chi connectivity index (χ0) is 12.4. The van der Waals surface area contributed by atoms with Gasteiger partial charge in [0.25, 0.3) is 0 Å². The summed E-state index contributed by atoms with van der Waals surface area (Å²) in [4.78, 5) is 2.83. The highest BCUT2D eigenvalue weighted by Crippen LogP contribution is 2.34. The maximum Gasteiger partial charge on any atom is 0.135 e. The quantitative estimate of drug-likeness (QED) is 0.348. The van der Waals surface area contributed by atoms with Crippen LogP contribution in [0.3, 0.4) is 0 Å². The molecule has 18 heavy (non-hydrogen) atoms. The largest absolute Gasteiger partial charge is 0.456 e. The van der Waals surface area contributed by atoms with Gasteiger partial charge in [-0.1, -0.05) is 47.6 Å². The van der Waals surface area contributed by atoms with Crippen molar-refractivity contribution in [1.82, 2.24) is 0 Å². The monoisotopic (exact) mass is 235 g/mol. The van der Waals surface area contributed by atoms with E-state index in [0.29, 0.717) is 11.4 Å². The van der Waals surface area contributed by atoms with Crippen molar-refractivity contribution in [2.45, 2.75) is 0 Å². The molecule has 0 atom stereocenters. The zero-order valence-electron chi connectivity index (χ0n) is 9.45. The molecule has 0 spiro atoms. The van der Waals surface area contributed by atoms with Crippen LogP contribution in [0.5, 0.6) is 0 Å². The predicted molar refractivity (Wildman–Crippen MR) is 70.5 cm³/mol. The third-order valence-electron chi connectivity index (χ3n) is 2.75. The van der Waals surface area contributed by atoms with Gasteiger partial charge < -0.3 is 4.42 Å². The summed E-state index contributed by atoms with van der Waals surface area (Å²) in [5.74, 6) is 0.708. The van der Waals surface area contributed by atoms with Gasteiger partial charge in [0.1, 0.15) is 11.3 Å². The molecule has 0 aliphatic heterocycles. The second-order valence-electron chi connectivity index (χ2n) is 3.86. The maximum absolute atomic E-state index is 8.56. The van der Waals surface area contributed by atoms with Gasteiger partial charge in [0, 0.05) is 21.5 Å². The van der Waals surface area contributed by atoms with Crippen molar-refractivity contribution in [2.75, 3.05) is 0 Å². The van der Waals surface area contributed by atoms with E-state index in [0.717, 1.165) is 16.5 Å². The first-order chi connectivity index (χ1) is 8.88. The Morgan fingerprint density at radius 3 is 2.61 bits per heavy atom. The highest BCUT2D eigenvalue weighted by atomic mass is 16.3. The summed E-state index contributed by atoms with van der Waals surface area (Å²) in [5, 5.41) is 4.70. The van der Waals surface area contributed by atoms with E-state index in [1.807, 2.05) is 48.5 Å². The van der Waals surface area contributed by atoms with E-state index < -0.39 is 0 Å². The van der Waals surface area contributed by atoms with Crippen molar-refractivity contribution < 1.29 is 4.42 Å². The molecule has 0 radical (unpaired) electrons. The lowest BCUT2D eigenvalue weighted by Crippen LogP contribution is -1.73. The van der Waals surface area contributed by atoms with Gasteiger partial charge in [-0.2, -0.15) is 0 Å². The molecule has 0 fully saturated rings. The number of hydrogen-bond acceptors (Lipinski definition) is 2. The van der Waals surface area contributed by atoms with Crippen LogP contribution in [-0.4, -0.2) is 0 Å². The molecule has 0 unspecified atom stereocenters. The van der Waals surface area contributed by atoms with Crippen molar-refractivity contribution in [3.63, 3.8) is 0 Å². The zero-order valence-corrected chi connectivity index (χ0v) is 9.45. The van der Waals surface area contributed by atoms with Crippen molar-refractivity contribution >= 4 is 16.7 Å². The highest BCUT2D eigenvalue weighted by Gasteiger charge is 2.08. The number of para-hydroxylation sites is 1. The van der Waals surface area contributed by atoms with E-state index in [2.05, 4.69) is 10.0 Å². The Kier molecular flexibility index (Phi) is 2.48. The number of azide groups is 1. The number of hydrogen-bond donors (Lipinski definition) is 0. The van der Waals surface area contributed by atoms with Crippen LogP contribution in [0.4, 0.5) is 5.69 Å². The number of benzene rings is 2. The van der Waals surface area contributed by atoms with Crippen molar-refractivity contribution in [1.29, 1.82) is 0 Å². The molecule has 86 valence electrons. The van der Waals surface area contributed by atoms with E-state index in [4.69, 9.17) is 9.95 Å². The molecule has 0 saturated heterocycles. The lowest BCUT2D eigenvalue weighted by molar-refractivity contribution is 0.632. The van der Waals surface area contributed by atoms with Crippen LogP contribution in [0.1, 0.15) is 0 Å². The molecule has 0 aliphatic carbocycles. The molecular formula is C14H9N3O. The van der Waals surface area contributed by atoms with Gasteiger partial charge in [-0.15, -0.1) is 0 Å². The highest BCUT2D eigenvalue weighted by molar-refractivity contribution is 5.85. The summed E-state index contributed by atoms with van der Waals surface area (Å²) in [7, 11) is 0. The summed E-state index contributed by atoms with van der Waals surface area (Å²) < 4.78 is 5.76. The Bertz CT molecular complexity index is 721. The molecule has 4 heteroatoms. The van der Waals surface area contributed by atoms with E-state index in [-0.39, 0.29) is 0 Å². The van der Waals surface area contributed by atoms with Crippen LogP contribution < -0.4 is 0 Å². The third-order valence-corrected chi connectivity index (χ3v) is 2.75. The average molecular weight is 235 g/mol.